The lowest BCUT2D eigenvalue weighted by atomic mass is 10.2. The molecule has 1 aromatic carbocycles. The van der Waals surface area contributed by atoms with Crippen molar-refractivity contribution in [2.24, 2.45) is 5.73 Å². The number of nitrogens with one attached hydrogen (secondary N) is 1. The predicted octanol–water partition coefficient (Wildman–Crippen LogP) is 0.344. The third kappa shape index (κ3) is 3.94. The zero-order chi connectivity index (χ0) is 13.7. The molecule has 0 aromatic heterocycles. The topological polar surface area (TPSA) is 67.6 Å². The normalized spacial score (nSPS) is 19.4. The number of carbonyl (C=O) groups excluding carboxylic acids is 1. The number of likely N-dealkylation sites (tertiary alicyclic amines) is 1. The van der Waals surface area contributed by atoms with Crippen molar-refractivity contribution < 1.29 is 9.53 Å². The van der Waals surface area contributed by atoms with Crippen molar-refractivity contribution in [3.8, 4) is 5.75 Å². The Bertz CT molecular complexity index is 436. The van der Waals surface area contributed by atoms with Gasteiger partial charge in [0.1, 0.15) is 5.75 Å². The number of nitrogens with zero attached hydrogens (tertiary/aromatic N) is 1. The van der Waals surface area contributed by atoms with Crippen molar-refractivity contribution in [2.45, 2.75) is 19.0 Å². The summed E-state index contributed by atoms with van der Waals surface area (Å²) in [5.74, 6) is 0.607. The van der Waals surface area contributed by atoms with Gasteiger partial charge in [0.15, 0.2) is 6.61 Å². The first-order valence-electron chi connectivity index (χ1n) is 6.57. The molecule has 1 fully saturated rings. The van der Waals surface area contributed by atoms with Crippen LogP contribution in [0, 0.1) is 0 Å². The monoisotopic (exact) mass is 263 g/mol. The number of para-hydroxylation sites is 1. The third-order valence-corrected chi connectivity index (χ3v) is 3.31. The highest BCUT2D eigenvalue weighted by Crippen LogP contribution is 2.16. The minimum absolute atomic E-state index is 0.0389. The van der Waals surface area contributed by atoms with Crippen molar-refractivity contribution >= 4 is 5.91 Å². The largest absolute Gasteiger partial charge is 0.483 e. The first kappa shape index (κ1) is 13.8. The molecule has 1 aliphatic heterocycles. The number of likely N-dealkylation sites (N-methyl/N-ethyl adjacent to an activating group) is 1. The van der Waals surface area contributed by atoms with Crippen LogP contribution < -0.4 is 15.8 Å². The van der Waals surface area contributed by atoms with Crippen LogP contribution >= 0.6 is 0 Å². The van der Waals surface area contributed by atoms with Gasteiger partial charge in [-0.05, 0) is 26.1 Å². The Hall–Kier alpha value is -1.59. The zero-order valence-corrected chi connectivity index (χ0v) is 11.3. The molecule has 0 saturated carbocycles. The van der Waals surface area contributed by atoms with Crippen molar-refractivity contribution in [2.75, 3.05) is 26.7 Å². The van der Waals surface area contributed by atoms with E-state index in [-0.39, 0.29) is 18.6 Å². The number of carbonyl (C=O) groups is 1. The van der Waals surface area contributed by atoms with Gasteiger partial charge in [-0.2, -0.15) is 0 Å². The Morgan fingerprint density at radius 3 is 3.00 bits per heavy atom. The van der Waals surface area contributed by atoms with E-state index in [1.807, 2.05) is 24.3 Å². The molecule has 0 aliphatic carbocycles. The molecule has 1 heterocycles. The van der Waals surface area contributed by atoms with Gasteiger partial charge in [0.2, 0.25) is 0 Å². The van der Waals surface area contributed by atoms with E-state index in [0.717, 1.165) is 25.1 Å². The molecule has 0 bridgehead atoms. The second-order valence-corrected chi connectivity index (χ2v) is 4.92. The van der Waals surface area contributed by atoms with Crippen LogP contribution in [0.2, 0.25) is 0 Å². The molecule has 5 nitrogen and oxygen atoms in total. The van der Waals surface area contributed by atoms with Gasteiger partial charge in [-0.3, -0.25) is 4.79 Å². The Morgan fingerprint density at radius 2 is 2.32 bits per heavy atom. The van der Waals surface area contributed by atoms with Crippen LogP contribution in [0.25, 0.3) is 0 Å². The summed E-state index contributed by atoms with van der Waals surface area (Å²) >= 11 is 0. The molecule has 5 heteroatoms. The van der Waals surface area contributed by atoms with Gasteiger partial charge < -0.3 is 20.7 Å². The van der Waals surface area contributed by atoms with Gasteiger partial charge in [-0.1, -0.05) is 18.2 Å². The predicted molar refractivity (Wildman–Crippen MR) is 73.9 cm³/mol. The zero-order valence-electron chi connectivity index (χ0n) is 11.3. The van der Waals surface area contributed by atoms with E-state index in [4.69, 9.17) is 10.5 Å². The summed E-state index contributed by atoms with van der Waals surface area (Å²) in [4.78, 5) is 14.0. The Labute approximate surface area is 113 Å². The molecule has 2 rings (SSSR count). The summed E-state index contributed by atoms with van der Waals surface area (Å²) in [7, 11) is 2.06. The van der Waals surface area contributed by atoms with Crippen LogP contribution in [-0.2, 0) is 11.3 Å². The Morgan fingerprint density at radius 1 is 1.53 bits per heavy atom. The maximum absolute atomic E-state index is 11.8. The van der Waals surface area contributed by atoms with Crippen LogP contribution in [0.3, 0.4) is 0 Å². The fraction of sp³-hybridized carbons (Fsp3) is 0.500. The van der Waals surface area contributed by atoms with Crippen molar-refractivity contribution in [1.82, 2.24) is 10.2 Å². The van der Waals surface area contributed by atoms with E-state index in [0.29, 0.717) is 12.3 Å². The molecule has 1 amide bonds. The quantitative estimate of drug-likeness (QED) is 0.804. The molecular formula is C14H21N3O2. The molecule has 0 spiro atoms. The lowest BCUT2D eigenvalue weighted by molar-refractivity contribution is -0.123. The van der Waals surface area contributed by atoms with E-state index < -0.39 is 0 Å². The summed E-state index contributed by atoms with van der Waals surface area (Å²) in [5, 5.41) is 2.98. The SMILES string of the molecule is CN1CCC(NC(=O)COc2ccccc2CN)C1. The standard InChI is InChI=1S/C14H21N3O2/c1-17-7-6-12(9-17)16-14(18)10-19-13-5-3-2-4-11(13)8-15/h2-5,12H,6-10,15H2,1H3,(H,16,18). The minimum Gasteiger partial charge on any atom is -0.483 e. The van der Waals surface area contributed by atoms with Crippen molar-refractivity contribution in [3.05, 3.63) is 29.8 Å². The highest BCUT2D eigenvalue weighted by atomic mass is 16.5. The maximum atomic E-state index is 11.8. The molecule has 1 aromatic rings. The summed E-state index contributed by atoms with van der Waals surface area (Å²) in [5.41, 5.74) is 6.53. The number of hydrogen-bond donors (Lipinski definition) is 2. The van der Waals surface area contributed by atoms with Crippen LogP contribution in [0.4, 0.5) is 0 Å². The molecule has 19 heavy (non-hydrogen) atoms. The number of ether oxygens (including phenoxy) is 1. The molecule has 1 atom stereocenters. The van der Waals surface area contributed by atoms with E-state index in [2.05, 4.69) is 17.3 Å². The van der Waals surface area contributed by atoms with Crippen LogP contribution in [0.15, 0.2) is 24.3 Å². The van der Waals surface area contributed by atoms with E-state index in [9.17, 15) is 4.79 Å². The highest BCUT2D eigenvalue weighted by molar-refractivity contribution is 5.77. The lowest BCUT2D eigenvalue weighted by Crippen LogP contribution is -2.39. The van der Waals surface area contributed by atoms with Gasteiger partial charge in [-0.25, -0.2) is 0 Å². The molecule has 1 saturated heterocycles. The van der Waals surface area contributed by atoms with Gasteiger partial charge in [-0.15, -0.1) is 0 Å². The molecule has 3 N–H and O–H groups in total. The van der Waals surface area contributed by atoms with E-state index in [1.54, 1.807) is 0 Å². The average Bonchev–Trinajstić information content (AvgIpc) is 2.82. The molecule has 1 unspecified atom stereocenters. The van der Waals surface area contributed by atoms with Gasteiger partial charge in [0, 0.05) is 24.7 Å². The minimum atomic E-state index is -0.0767. The van der Waals surface area contributed by atoms with Crippen LogP contribution in [-0.4, -0.2) is 43.6 Å². The molecule has 104 valence electrons. The van der Waals surface area contributed by atoms with E-state index in [1.165, 1.54) is 0 Å². The highest BCUT2D eigenvalue weighted by Gasteiger charge is 2.21. The molecular weight excluding hydrogens is 242 g/mol. The molecule has 1 aliphatic rings. The first-order chi connectivity index (χ1) is 9.19. The lowest BCUT2D eigenvalue weighted by Gasteiger charge is -2.14. The van der Waals surface area contributed by atoms with Crippen LogP contribution in [0.5, 0.6) is 5.75 Å². The first-order valence-corrected chi connectivity index (χ1v) is 6.57. The fourth-order valence-electron chi connectivity index (χ4n) is 2.28. The Balaban J connectivity index is 1.80. The third-order valence-electron chi connectivity index (χ3n) is 3.31. The Kier molecular flexibility index (Phi) is 4.76. The van der Waals surface area contributed by atoms with Gasteiger partial charge >= 0.3 is 0 Å². The second kappa shape index (κ2) is 6.54. The average molecular weight is 263 g/mol. The second-order valence-electron chi connectivity index (χ2n) is 4.92. The number of rotatable bonds is 5. The smallest absolute Gasteiger partial charge is 0.258 e. The number of hydrogen-bond acceptors (Lipinski definition) is 4. The number of nitrogens with two attached hydrogens (primary N) is 1. The van der Waals surface area contributed by atoms with Crippen molar-refractivity contribution in [3.63, 3.8) is 0 Å². The summed E-state index contributed by atoms with van der Waals surface area (Å²) in [6, 6.07) is 7.76. The van der Waals surface area contributed by atoms with Crippen LogP contribution in [0.1, 0.15) is 12.0 Å². The maximum Gasteiger partial charge on any atom is 0.258 e. The summed E-state index contributed by atoms with van der Waals surface area (Å²) in [6.45, 7) is 2.38. The summed E-state index contributed by atoms with van der Waals surface area (Å²) < 4.78 is 5.52. The van der Waals surface area contributed by atoms with Crippen molar-refractivity contribution in [1.29, 1.82) is 0 Å². The van der Waals surface area contributed by atoms with Gasteiger partial charge in [0.05, 0.1) is 0 Å². The summed E-state index contributed by atoms with van der Waals surface area (Å²) in [6.07, 6.45) is 1.00. The number of amides is 1. The molecule has 0 radical (unpaired) electrons. The fourth-order valence-corrected chi connectivity index (χ4v) is 2.28. The van der Waals surface area contributed by atoms with E-state index >= 15 is 0 Å². The number of benzene rings is 1. The van der Waals surface area contributed by atoms with Gasteiger partial charge in [0.25, 0.3) is 5.91 Å².